The van der Waals surface area contributed by atoms with Crippen LogP contribution >= 0.6 is 0 Å². The van der Waals surface area contributed by atoms with E-state index < -0.39 is 0 Å². The van der Waals surface area contributed by atoms with Crippen molar-refractivity contribution >= 4 is 5.82 Å². The van der Waals surface area contributed by atoms with Crippen LogP contribution in [-0.2, 0) is 17.8 Å². The molecule has 0 aliphatic carbocycles. The van der Waals surface area contributed by atoms with E-state index in [-0.39, 0.29) is 0 Å². The maximum absolute atomic E-state index is 5.54. The average Bonchev–Trinajstić information content (AvgIpc) is 2.95. The number of nitrogens with zero attached hydrogens (tertiary/aromatic N) is 2. The SMILES string of the molecule is CCNc1cc(COC)nc(-c2ccc3c(c2)CCO3)n1. The minimum absolute atomic E-state index is 0.474. The van der Waals surface area contributed by atoms with Crippen molar-refractivity contribution in [1.82, 2.24) is 9.97 Å². The van der Waals surface area contributed by atoms with Gasteiger partial charge in [0.2, 0.25) is 0 Å². The molecule has 0 radical (unpaired) electrons. The Labute approximate surface area is 124 Å². The number of rotatable bonds is 5. The van der Waals surface area contributed by atoms with Crippen molar-refractivity contribution in [3.8, 4) is 17.1 Å². The van der Waals surface area contributed by atoms with Crippen molar-refractivity contribution in [3.63, 3.8) is 0 Å². The summed E-state index contributed by atoms with van der Waals surface area (Å²) < 4.78 is 10.7. The van der Waals surface area contributed by atoms with Crippen LogP contribution in [0, 0.1) is 0 Å². The van der Waals surface area contributed by atoms with Crippen molar-refractivity contribution in [3.05, 3.63) is 35.5 Å². The summed E-state index contributed by atoms with van der Waals surface area (Å²) in [5.74, 6) is 2.51. The first-order valence-corrected chi connectivity index (χ1v) is 7.17. The Morgan fingerprint density at radius 3 is 3.00 bits per heavy atom. The predicted molar refractivity (Wildman–Crippen MR) is 81.5 cm³/mol. The van der Waals surface area contributed by atoms with Crippen LogP contribution in [0.15, 0.2) is 24.3 Å². The van der Waals surface area contributed by atoms with Crippen molar-refractivity contribution in [1.29, 1.82) is 0 Å². The Balaban J connectivity index is 1.99. The minimum Gasteiger partial charge on any atom is -0.493 e. The van der Waals surface area contributed by atoms with Crippen LogP contribution in [0.2, 0.25) is 0 Å². The average molecular weight is 285 g/mol. The van der Waals surface area contributed by atoms with Crippen LogP contribution in [0.25, 0.3) is 11.4 Å². The molecule has 1 aliphatic heterocycles. The number of methoxy groups -OCH3 is 1. The van der Waals surface area contributed by atoms with Crippen LogP contribution in [0.3, 0.4) is 0 Å². The number of aromatic nitrogens is 2. The molecule has 2 heterocycles. The van der Waals surface area contributed by atoms with E-state index in [2.05, 4.69) is 21.4 Å². The molecule has 0 atom stereocenters. The van der Waals surface area contributed by atoms with E-state index in [4.69, 9.17) is 9.47 Å². The molecule has 0 spiro atoms. The molecule has 110 valence electrons. The lowest BCUT2D eigenvalue weighted by Gasteiger charge is -2.09. The zero-order valence-corrected chi connectivity index (χ0v) is 12.3. The molecule has 0 fully saturated rings. The van der Waals surface area contributed by atoms with Gasteiger partial charge < -0.3 is 14.8 Å². The van der Waals surface area contributed by atoms with Gasteiger partial charge in [0.25, 0.3) is 0 Å². The van der Waals surface area contributed by atoms with Crippen LogP contribution < -0.4 is 10.1 Å². The Morgan fingerprint density at radius 1 is 1.29 bits per heavy atom. The summed E-state index contributed by atoms with van der Waals surface area (Å²) in [6.45, 7) is 4.10. The maximum Gasteiger partial charge on any atom is 0.161 e. The number of ether oxygens (including phenoxy) is 2. The van der Waals surface area contributed by atoms with Crippen molar-refractivity contribution in [2.24, 2.45) is 0 Å². The molecule has 0 saturated heterocycles. The van der Waals surface area contributed by atoms with Gasteiger partial charge in [-0.1, -0.05) is 0 Å². The van der Waals surface area contributed by atoms with Gasteiger partial charge in [0, 0.05) is 31.7 Å². The van der Waals surface area contributed by atoms with Gasteiger partial charge in [-0.05, 0) is 30.7 Å². The second kappa shape index (κ2) is 6.10. The second-order valence-electron chi connectivity index (χ2n) is 4.95. The van der Waals surface area contributed by atoms with Gasteiger partial charge in [0.15, 0.2) is 5.82 Å². The Morgan fingerprint density at radius 2 is 2.19 bits per heavy atom. The number of hydrogen-bond donors (Lipinski definition) is 1. The Hall–Kier alpha value is -2.14. The quantitative estimate of drug-likeness (QED) is 0.915. The number of hydrogen-bond acceptors (Lipinski definition) is 5. The lowest BCUT2D eigenvalue weighted by molar-refractivity contribution is 0.181. The molecule has 0 amide bonds. The summed E-state index contributed by atoms with van der Waals surface area (Å²) >= 11 is 0. The molecule has 5 heteroatoms. The van der Waals surface area contributed by atoms with Gasteiger partial charge in [-0.2, -0.15) is 0 Å². The van der Waals surface area contributed by atoms with E-state index >= 15 is 0 Å². The molecule has 1 aromatic heterocycles. The highest BCUT2D eigenvalue weighted by molar-refractivity contribution is 5.61. The predicted octanol–water partition coefficient (Wildman–Crippen LogP) is 2.66. The first kappa shape index (κ1) is 13.8. The lowest BCUT2D eigenvalue weighted by Crippen LogP contribution is -2.04. The van der Waals surface area contributed by atoms with Gasteiger partial charge >= 0.3 is 0 Å². The summed E-state index contributed by atoms with van der Waals surface area (Å²) in [5, 5.41) is 3.24. The molecule has 2 aromatic rings. The molecule has 0 unspecified atom stereocenters. The molecule has 0 saturated carbocycles. The molecular formula is C16H19N3O2. The van der Waals surface area contributed by atoms with Gasteiger partial charge in [-0.25, -0.2) is 9.97 Å². The first-order chi connectivity index (χ1) is 10.3. The van der Waals surface area contributed by atoms with Crippen LogP contribution in [0.5, 0.6) is 5.75 Å². The van der Waals surface area contributed by atoms with Crippen LogP contribution in [0.1, 0.15) is 18.2 Å². The molecule has 21 heavy (non-hydrogen) atoms. The third-order valence-electron chi connectivity index (χ3n) is 3.38. The third-order valence-corrected chi connectivity index (χ3v) is 3.38. The van der Waals surface area contributed by atoms with E-state index in [1.807, 2.05) is 25.1 Å². The van der Waals surface area contributed by atoms with Crippen LogP contribution in [0.4, 0.5) is 5.82 Å². The van der Waals surface area contributed by atoms with Gasteiger partial charge in [0.05, 0.1) is 18.9 Å². The monoisotopic (exact) mass is 285 g/mol. The normalized spacial score (nSPS) is 12.9. The third kappa shape index (κ3) is 2.97. The minimum atomic E-state index is 0.474. The van der Waals surface area contributed by atoms with E-state index in [0.717, 1.165) is 48.2 Å². The highest BCUT2D eigenvalue weighted by Gasteiger charge is 2.14. The van der Waals surface area contributed by atoms with E-state index in [0.29, 0.717) is 6.61 Å². The summed E-state index contributed by atoms with van der Waals surface area (Å²) in [6.07, 6.45) is 0.945. The van der Waals surface area contributed by atoms with E-state index in [1.165, 1.54) is 5.56 Å². The summed E-state index contributed by atoms with van der Waals surface area (Å²) in [7, 11) is 1.67. The molecule has 1 N–H and O–H groups in total. The smallest absolute Gasteiger partial charge is 0.161 e. The summed E-state index contributed by atoms with van der Waals surface area (Å²) in [4.78, 5) is 9.17. The number of benzene rings is 1. The highest BCUT2D eigenvalue weighted by Crippen LogP contribution is 2.29. The molecule has 1 aromatic carbocycles. The van der Waals surface area contributed by atoms with Gasteiger partial charge in [0.1, 0.15) is 11.6 Å². The van der Waals surface area contributed by atoms with Crippen molar-refractivity contribution in [2.45, 2.75) is 20.0 Å². The fourth-order valence-electron chi connectivity index (χ4n) is 2.45. The highest BCUT2D eigenvalue weighted by atomic mass is 16.5. The topological polar surface area (TPSA) is 56.3 Å². The summed E-state index contributed by atoms with van der Waals surface area (Å²) in [5.41, 5.74) is 3.10. The summed E-state index contributed by atoms with van der Waals surface area (Å²) in [6, 6.07) is 8.04. The number of nitrogens with one attached hydrogen (secondary N) is 1. The molecule has 5 nitrogen and oxygen atoms in total. The molecular weight excluding hydrogens is 266 g/mol. The number of fused-ring (bicyclic) bond motifs is 1. The second-order valence-corrected chi connectivity index (χ2v) is 4.95. The number of anilines is 1. The van der Waals surface area contributed by atoms with E-state index in [9.17, 15) is 0 Å². The Bertz CT molecular complexity index is 619. The first-order valence-electron chi connectivity index (χ1n) is 7.17. The fraction of sp³-hybridized carbons (Fsp3) is 0.375. The maximum atomic E-state index is 5.54. The zero-order valence-electron chi connectivity index (χ0n) is 12.3. The van der Waals surface area contributed by atoms with Crippen molar-refractivity contribution < 1.29 is 9.47 Å². The van der Waals surface area contributed by atoms with Crippen LogP contribution in [-0.4, -0.2) is 30.2 Å². The standard InChI is InChI=1S/C16H19N3O2/c1-3-17-15-9-13(10-20-2)18-16(19-15)12-4-5-14-11(8-12)6-7-21-14/h4-5,8-9H,3,6-7,10H2,1-2H3,(H,17,18,19). The fourth-order valence-corrected chi connectivity index (χ4v) is 2.45. The van der Waals surface area contributed by atoms with Gasteiger partial charge in [-0.3, -0.25) is 0 Å². The zero-order chi connectivity index (χ0) is 14.7. The van der Waals surface area contributed by atoms with Crippen molar-refractivity contribution in [2.75, 3.05) is 25.6 Å². The van der Waals surface area contributed by atoms with Gasteiger partial charge in [-0.15, -0.1) is 0 Å². The van der Waals surface area contributed by atoms with E-state index in [1.54, 1.807) is 7.11 Å². The Kier molecular flexibility index (Phi) is 4.01. The largest absolute Gasteiger partial charge is 0.493 e. The molecule has 1 aliphatic rings. The molecule has 0 bridgehead atoms. The lowest BCUT2D eigenvalue weighted by atomic mass is 10.1. The molecule has 3 rings (SSSR count).